The highest BCUT2D eigenvalue weighted by molar-refractivity contribution is 5.83. The standard InChI is InChI=1S/C22H21N3O2/c26-22(8-3-5-18-15-23-21-7-2-1-6-20(18)21)27-16-17-9-11-19(12-10-17)25-14-4-13-24-25/h1-2,4,6-7,9-15,23H,3,5,8,16H2. The van der Waals surface area contributed by atoms with E-state index in [1.54, 1.807) is 10.9 Å². The molecule has 0 saturated heterocycles. The number of fused-ring (bicyclic) bond motifs is 1. The maximum Gasteiger partial charge on any atom is 0.306 e. The van der Waals surface area contributed by atoms with Gasteiger partial charge in [-0.25, -0.2) is 4.68 Å². The number of esters is 1. The molecule has 136 valence electrons. The minimum atomic E-state index is -0.161. The number of H-pyrrole nitrogens is 1. The van der Waals surface area contributed by atoms with Crippen molar-refractivity contribution in [3.63, 3.8) is 0 Å². The maximum absolute atomic E-state index is 12.0. The van der Waals surface area contributed by atoms with Crippen LogP contribution in [0.3, 0.4) is 0 Å². The van der Waals surface area contributed by atoms with Gasteiger partial charge in [0, 0.05) is 35.9 Å². The molecule has 0 unspecified atom stereocenters. The van der Waals surface area contributed by atoms with E-state index in [2.05, 4.69) is 22.2 Å². The Balaban J connectivity index is 1.24. The van der Waals surface area contributed by atoms with Crippen molar-refractivity contribution < 1.29 is 9.53 Å². The van der Waals surface area contributed by atoms with E-state index in [0.29, 0.717) is 13.0 Å². The Hall–Kier alpha value is -3.34. The summed E-state index contributed by atoms with van der Waals surface area (Å²) in [6, 6.07) is 17.9. The second-order valence-corrected chi connectivity index (χ2v) is 6.49. The molecular formula is C22H21N3O2. The molecule has 2 aromatic heterocycles. The van der Waals surface area contributed by atoms with Gasteiger partial charge < -0.3 is 9.72 Å². The van der Waals surface area contributed by atoms with Gasteiger partial charge in [-0.3, -0.25) is 4.79 Å². The Morgan fingerprint density at radius 1 is 1.07 bits per heavy atom. The quantitative estimate of drug-likeness (QED) is 0.497. The summed E-state index contributed by atoms with van der Waals surface area (Å²) in [5.74, 6) is -0.161. The first-order valence-electron chi connectivity index (χ1n) is 9.09. The Morgan fingerprint density at radius 2 is 1.93 bits per heavy atom. The summed E-state index contributed by atoms with van der Waals surface area (Å²) in [5, 5.41) is 5.42. The number of rotatable bonds is 7. The van der Waals surface area contributed by atoms with E-state index in [-0.39, 0.29) is 5.97 Å². The van der Waals surface area contributed by atoms with Crippen molar-refractivity contribution in [1.29, 1.82) is 0 Å². The summed E-state index contributed by atoms with van der Waals surface area (Å²) in [6.07, 6.45) is 7.72. The van der Waals surface area contributed by atoms with Crippen LogP contribution in [0.5, 0.6) is 0 Å². The average molecular weight is 359 g/mol. The molecule has 5 heteroatoms. The minimum Gasteiger partial charge on any atom is -0.461 e. The van der Waals surface area contributed by atoms with E-state index >= 15 is 0 Å². The molecule has 0 aliphatic rings. The van der Waals surface area contributed by atoms with E-state index < -0.39 is 0 Å². The van der Waals surface area contributed by atoms with Gasteiger partial charge in [-0.05, 0) is 48.2 Å². The zero-order valence-corrected chi connectivity index (χ0v) is 15.0. The summed E-state index contributed by atoms with van der Waals surface area (Å²) in [7, 11) is 0. The molecule has 4 aromatic rings. The molecule has 0 bridgehead atoms. The first-order valence-corrected chi connectivity index (χ1v) is 9.09. The van der Waals surface area contributed by atoms with Crippen molar-refractivity contribution in [3.05, 3.63) is 84.3 Å². The van der Waals surface area contributed by atoms with Crippen LogP contribution in [0.15, 0.2) is 73.2 Å². The van der Waals surface area contributed by atoms with Crippen LogP contribution in [0.1, 0.15) is 24.0 Å². The minimum absolute atomic E-state index is 0.161. The predicted molar refractivity (Wildman–Crippen MR) is 105 cm³/mol. The summed E-state index contributed by atoms with van der Waals surface area (Å²) < 4.78 is 7.19. The number of para-hydroxylation sites is 1. The number of aryl methyl sites for hydroxylation is 1. The number of ether oxygens (including phenoxy) is 1. The van der Waals surface area contributed by atoms with Crippen LogP contribution in [0.25, 0.3) is 16.6 Å². The van der Waals surface area contributed by atoms with Crippen molar-refractivity contribution in [2.24, 2.45) is 0 Å². The highest BCUT2D eigenvalue weighted by Gasteiger charge is 2.07. The van der Waals surface area contributed by atoms with Crippen LogP contribution in [0.4, 0.5) is 0 Å². The van der Waals surface area contributed by atoms with Gasteiger partial charge >= 0.3 is 5.97 Å². The van der Waals surface area contributed by atoms with Gasteiger partial charge in [0.05, 0.1) is 5.69 Å². The molecule has 4 rings (SSSR count). The van der Waals surface area contributed by atoms with Crippen LogP contribution >= 0.6 is 0 Å². The molecule has 0 radical (unpaired) electrons. The molecule has 0 amide bonds. The van der Waals surface area contributed by atoms with Gasteiger partial charge in [0.2, 0.25) is 0 Å². The van der Waals surface area contributed by atoms with E-state index in [1.807, 2.05) is 54.9 Å². The van der Waals surface area contributed by atoms with Gasteiger partial charge in [0.25, 0.3) is 0 Å². The largest absolute Gasteiger partial charge is 0.461 e. The van der Waals surface area contributed by atoms with Crippen molar-refractivity contribution in [1.82, 2.24) is 14.8 Å². The third-order valence-corrected chi connectivity index (χ3v) is 4.61. The van der Waals surface area contributed by atoms with Gasteiger partial charge in [0.1, 0.15) is 6.61 Å². The first kappa shape index (κ1) is 17.1. The van der Waals surface area contributed by atoms with Crippen molar-refractivity contribution >= 4 is 16.9 Å². The number of hydrogen-bond donors (Lipinski definition) is 1. The Labute approximate surface area is 157 Å². The molecule has 2 aromatic carbocycles. The van der Waals surface area contributed by atoms with E-state index in [1.165, 1.54) is 10.9 Å². The van der Waals surface area contributed by atoms with Crippen molar-refractivity contribution in [2.75, 3.05) is 0 Å². The van der Waals surface area contributed by atoms with Crippen molar-refractivity contribution in [3.8, 4) is 5.69 Å². The van der Waals surface area contributed by atoms with Crippen LogP contribution < -0.4 is 0 Å². The second-order valence-electron chi connectivity index (χ2n) is 6.49. The third-order valence-electron chi connectivity index (χ3n) is 4.61. The lowest BCUT2D eigenvalue weighted by Crippen LogP contribution is -2.05. The highest BCUT2D eigenvalue weighted by atomic mass is 16.5. The summed E-state index contributed by atoms with van der Waals surface area (Å²) in [4.78, 5) is 15.3. The van der Waals surface area contributed by atoms with E-state index in [9.17, 15) is 4.79 Å². The molecular weight excluding hydrogens is 338 g/mol. The molecule has 1 N–H and O–H groups in total. The molecule has 0 aliphatic heterocycles. The zero-order valence-electron chi connectivity index (χ0n) is 15.0. The Morgan fingerprint density at radius 3 is 2.74 bits per heavy atom. The Kier molecular flexibility index (Phi) is 5.01. The number of nitrogens with zero attached hydrogens (tertiary/aromatic N) is 2. The fraction of sp³-hybridized carbons (Fsp3) is 0.182. The predicted octanol–water partition coefficient (Wildman–Crippen LogP) is 4.42. The van der Waals surface area contributed by atoms with Gasteiger partial charge in [0.15, 0.2) is 0 Å². The highest BCUT2D eigenvalue weighted by Crippen LogP contribution is 2.19. The lowest BCUT2D eigenvalue weighted by atomic mass is 10.1. The van der Waals surface area contributed by atoms with Gasteiger partial charge in [-0.15, -0.1) is 0 Å². The number of aromatic amines is 1. The summed E-state index contributed by atoms with van der Waals surface area (Å²) in [5.41, 5.74) is 4.32. The smallest absolute Gasteiger partial charge is 0.306 e. The Bertz CT molecular complexity index is 1020. The molecule has 0 atom stereocenters. The molecule has 0 aliphatic carbocycles. The summed E-state index contributed by atoms with van der Waals surface area (Å²) >= 11 is 0. The molecule has 5 nitrogen and oxygen atoms in total. The second kappa shape index (κ2) is 7.91. The number of hydrogen-bond acceptors (Lipinski definition) is 3. The van der Waals surface area contributed by atoms with Crippen LogP contribution in [0, 0.1) is 0 Å². The molecule has 0 spiro atoms. The lowest BCUT2D eigenvalue weighted by Gasteiger charge is -2.06. The third kappa shape index (κ3) is 4.08. The van der Waals surface area contributed by atoms with Gasteiger partial charge in [-0.2, -0.15) is 5.10 Å². The fourth-order valence-electron chi connectivity index (χ4n) is 3.16. The zero-order chi connectivity index (χ0) is 18.5. The molecule has 2 heterocycles. The number of nitrogens with one attached hydrogen (secondary N) is 1. The number of carbonyl (C=O) groups is 1. The van der Waals surface area contributed by atoms with E-state index in [4.69, 9.17) is 4.74 Å². The normalized spacial score (nSPS) is 11.0. The van der Waals surface area contributed by atoms with E-state index in [0.717, 1.165) is 29.6 Å². The topological polar surface area (TPSA) is 59.9 Å². The molecule has 27 heavy (non-hydrogen) atoms. The fourth-order valence-corrected chi connectivity index (χ4v) is 3.16. The SMILES string of the molecule is O=C(CCCc1c[nH]c2ccccc12)OCc1ccc(-n2cccn2)cc1. The lowest BCUT2D eigenvalue weighted by molar-refractivity contribution is -0.145. The monoisotopic (exact) mass is 359 g/mol. The van der Waals surface area contributed by atoms with Crippen LogP contribution in [-0.2, 0) is 22.6 Å². The maximum atomic E-state index is 12.0. The molecule has 0 saturated carbocycles. The molecule has 0 fully saturated rings. The van der Waals surface area contributed by atoms with Gasteiger partial charge in [-0.1, -0.05) is 30.3 Å². The van der Waals surface area contributed by atoms with Crippen LogP contribution in [0.2, 0.25) is 0 Å². The number of carbonyl (C=O) groups excluding carboxylic acids is 1. The number of benzene rings is 2. The first-order chi connectivity index (χ1) is 13.3. The summed E-state index contributed by atoms with van der Waals surface area (Å²) in [6.45, 7) is 0.297. The van der Waals surface area contributed by atoms with Crippen LogP contribution in [-0.4, -0.2) is 20.7 Å². The average Bonchev–Trinajstić information content (AvgIpc) is 3.37. The number of aromatic nitrogens is 3. The van der Waals surface area contributed by atoms with Crippen molar-refractivity contribution in [2.45, 2.75) is 25.9 Å².